The molecule has 1 rings (SSSR count). The lowest BCUT2D eigenvalue weighted by molar-refractivity contribution is -0.169. The second kappa shape index (κ2) is 5.95. The summed E-state index contributed by atoms with van der Waals surface area (Å²) < 4.78 is 37.0. The van der Waals surface area contributed by atoms with Crippen molar-refractivity contribution in [2.75, 3.05) is 19.7 Å². The summed E-state index contributed by atoms with van der Waals surface area (Å²) in [5, 5.41) is 0. The number of halogens is 2. The summed E-state index contributed by atoms with van der Waals surface area (Å²) in [6.45, 7) is 4.64. The minimum Gasteiger partial charge on any atom is -0.465 e. The van der Waals surface area contributed by atoms with E-state index in [1.165, 1.54) is 6.92 Å². The third kappa shape index (κ3) is 4.37. The lowest BCUT2D eigenvalue weighted by atomic mass is 9.94. The zero-order valence-electron chi connectivity index (χ0n) is 12.4. The van der Waals surface area contributed by atoms with Crippen LogP contribution in [0.15, 0.2) is 0 Å². The quantitative estimate of drug-likeness (QED) is 0.572. The number of piperidine rings is 1. The van der Waals surface area contributed by atoms with Crippen molar-refractivity contribution in [3.8, 4) is 0 Å². The summed E-state index contributed by atoms with van der Waals surface area (Å²) in [4.78, 5) is 35.7. The summed E-state index contributed by atoms with van der Waals surface area (Å²) in [7, 11) is 0. The van der Waals surface area contributed by atoms with Gasteiger partial charge in [-0.05, 0) is 27.7 Å². The van der Waals surface area contributed by atoms with Crippen molar-refractivity contribution in [1.82, 2.24) is 4.90 Å². The van der Waals surface area contributed by atoms with Gasteiger partial charge in [-0.15, -0.1) is 0 Å². The van der Waals surface area contributed by atoms with E-state index in [0.29, 0.717) is 4.90 Å². The van der Waals surface area contributed by atoms with Crippen molar-refractivity contribution >= 4 is 17.8 Å². The molecule has 1 saturated heterocycles. The average Bonchev–Trinajstić information content (AvgIpc) is 2.30. The number of carbonyl (C=O) groups is 3. The molecule has 0 unspecified atom stereocenters. The number of ketones is 1. The van der Waals surface area contributed by atoms with Crippen LogP contribution in [0, 0.1) is 5.92 Å². The number of rotatable bonds is 2. The van der Waals surface area contributed by atoms with Crippen LogP contribution >= 0.6 is 0 Å². The Labute approximate surface area is 121 Å². The van der Waals surface area contributed by atoms with E-state index >= 15 is 0 Å². The molecule has 1 fully saturated rings. The molecule has 0 bridgehead atoms. The molecule has 0 aromatic heterocycles. The monoisotopic (exact) mass is 307 g/mol. The smallest absolute Gasteiger partial charge is 0.410 e. The highest BCUT2D eigenvalue weighted by atomic mass is 19.3. The van der Waals surface area contributed by atoms with Gasteiger partial charge in [-0.2, -0.15) is 8.78 Å². The number of alkyl halides is 2. The fourth-order valence-corrected chi connectivity index (χ4v) is 1.83. The zero-order valence-corrected chi connectivity index (χ0v) is 12.4. The maximum Gasteiger partial charge on any atom is 0.410 e. The van der Waals surface area contributed by atoms with Gasteiger partial charge in [-0.3, -0.25) is 9.59 Å². The molecule has 1 aliphatic rings. The molecule has 0 N–H and O–H groups in total. The predicted octanol–water partition coefficient (Wildman–Crippen LogP) is 1.62. The standard InChI is InChI=1S/C13H19F2NO5/c1-5-20-10(18)8-6-16(7-13(14,15)9(8)17)11(19)21-12(2,3)4/h8H,5-7H2,1-4H3/t8-/m0/s1. The van der Waals surface area contributed by atoms with Gasteiger partial charge in [0, 0.05) is 6.54 Å². The minimum absolute atomic E-state index is 0.0410. The zero-order chi connectivity index (χ0) is 16.4. The first-order valence-electron chi connectivity index (χ1n) is 6.54. The molecule has 120 valence electrons. The molecule has 0 aromatic carbocycles. The van der Waals surface area contributed by atoms with Crippen LogP contribution in [-0.4, -0.2) is 54.0 Å². The number of ether oxygens (including phenoxy) is 2. The Balaban J connectivity index is 2.92. The van der Waals surface area contributed by atoms with Gasteiger partial charge in [-0.1, -0.05) is 0 Å². The van der Waals surface area contributed by atoms with Crippen molar-refractivity contribution in [3.63, 3.8) is 0 Å². The molecule has 0 radical (unpaired) electrons. The van der Waals surface area contributed by atoms with Gasteiger partial charge in [0.1, 0.15) is 11.5 Å². The Morgan fingerprint density at radius 1 is 1.38 bits per heavy atom. The minimum atomic E-state index is -3.80. The van der Waals surface area contributed by atoms with Crippen LogP contribution in [0.1, 0.15) is 27.7 Å². The third-order valence-electron chi connectivity index (χ3n) is 2.69. The second-order valence-electron chi connectivity index (χ2n) is 5.73. The maximum absolute atomic E-state index is 13.7. The number of nitrogens with zero attached hydrogens (tertiary/aromatic N) is 1. The molecule has 0 spiro atoms. The molecule has 1 aliphatic heterocycles. The van der Waals surface area contributed by atoms with Crippen LogP contribution in [-0.2, 0) is 19.1 Å². The lowest BCUT2D eigenvalue weighted by Crippen LogP contribution is -2.58. The van der Waals surface area contributed by atoms with Gasteiger partial charge in [0.2, 0.25) is 5.78 Å². The number of amides is 1. The van der Waals surface area contributed by atoms with Gasteiger partial charge >= 0.3 is 18.0 Å². The largest absolute Gasteiger partial charge is 0.465 e. The molecule has 0 saturated carbocycles. The molecule has 1 amide bonds. The molecule has 8 heteroatoms. The SMILES string of the molecule is CCOC(=O)[C@H]1CN(C(=O)OC(C)(C)C)CC(F)(F)C1=O. The number of hydrogen-bond acceptors (Lipinski definition) is 5. The van der Waals surface area contributed by atoms with E-state index in [1.54, 1.807) is 20.8 Å². The highest BCUT2D eigenvalue weighted by Crippen LogP contribution is 2.29. The number of hydrogen-bond donors (Lipinski definition) is 0. The molecule has 1 heterocycles. The topological polar surface area (TPSA) is 72.9 Å². The van der Waals surface area contributed by atoms with Crippen molar-refractivity contribution in [2.24, 2.45) is 5.92 Å². The maximum atomic E-state index is 13.7. The Hall–Kier alpha value is -1.73. The van der Waals surface area contributed by atoms with E-state index in [1.807, 2.05) is 0 Å². The normalized spacial score (nSPS) is 21.9. The van der Waals surface area contributed by atoms with Crippen LogP contribution in [0.2, 0.25) is 0 Å². The summed E-state index contributed by atoms with van der Waals surface area (Å²) in [6, 6.07) is 0. The van der Waals surface area contributed by atoms with Crippen LogP contribution in [0.3, 0.4) is 0 Å². The molecule has 6 nitrogen and oxygen atoms in total. The van der Waals surface area contributed by atoms with Crippen molar-refractivity contribution in [3.05, 3.63) is 0 Å². The van der Waals surface area contributed by atoms with E-state index < -0.39 is 48.4 Å². The van der Waals surface area contributed by atoms with E-state index in [0.717, 1.165) is 0 Å². The van der Waals surface area contributed by atoms with E-state index in [9.17, 15) is 23.2 Å². The van der Waals surface area contributed by atoms with E-state index in [-0.39, 0.29) is 6.61 Å². The predicted molar refractivity (Wildman–Crippen MR) is 67.9 cm³/mol. The number of carbonyl (C=O) groups excluding carboxylic acids is 3. The van der Waals surface area contributed by atoms with Crippen LogP contribution < -0.4 is 0 Å². The van der Waals surface area contributed by atoms with E-state index in [4.69, 9.17) is 4.74 Å². The van der Waals surface area contributed by atoms with Gasteiger partial charge in [0.05, 0.1) is 13.2 Å². The Morgan fingerprint density at radius 2 is 1.95 bits per heavy atom. The van der Waals surface area contributed by atoms with Gasteiger partial charge in [-0.25, -0.2) is 4.79 Å². The Kier molecular flexibility index (Phi) is 4.91. The first-order chi connectivity index (χ1) is 9.48. The van der Waals surface area contributed by atoms with Crippen molar-refractivity contribution in [2.45, 2.75) is 39.2 Å². The fourth-order valence-electron chi connectivity index (χ4n) is 1.83. The summed E-state index contributed by atoms with van der Waals surface area (Å²) in [6.07, 6.45) is -0.996. The molecular formula is C13H19F2NO5. The molecule has 0 aliphatic carbocycles. The average molecular weight is 307 g/mol. The van der Waals surface area contributed by atoms with E-state index in [2.05, 4.69) is 4.74 Å². The molecule has 0 aromatic rings. The first-order valence-corrected chi connectivity index (χ1v) is 6.54. The highest BCUT2D eigenvalue weighted by Gasteiger charge is 2.53. The van der Waals surface area contributed by atoms with Crippen LogP contribution in [0.4, 0.5) is 13.6 Å². The Bertz CT molecular complexity index is 444. The fraction of sp³-hybridized carbons (Fsp3) is 0.769. The van der Waals surface area contributed by atoms with Gasteiger partial charge < -0.3 is 14.4 Å². The number of esters is 1. The lowest BCUT2D eigenvalue weighted by Gasteiger charge is -2.36. The van der Waals surface area contributed by atoms with Crippen LogP contribution in [0.25, 0.3) is 0 Å². The molecular weight excluding hydrogens is 288 g/mol. The molecule has 21 heavy (non-hydrogen) atoms. The molecule has 1 atom stereocenters. The van der Waals surface area contributed by atoms with Gasteiger partial charge in [0.15, 0.2) is 0 Å². The number of likely N-dealkylation sites (tertiary alicyclic amines) is 1. The Morgan fingerprint density at radius 3 is 2.43 bits per heavy atom. The summed E-state index contributed by atoms with van der Waals surface area (Å²) in [5.74, 6) is -8.08. The van der Waals surface area contributed by atoms with Crippen molar-refractivity contribution < 1.29 is 32.6 Å². The summed E-state index contributed by atoms with van der Waals surface area (Å²) >= 11 is 0. The first kappa shape index (κ1) is 17.3. The van der Waals surface area contributed by atoms with Gasteiger partial charge in [0.25, 0.3) is 0 Å². The van der Waals surface area contributed by atoms with Crippen molar-refractivity contribution in [1.29, 1.82) is 0 Å². The van der Waals surface area contributed by atoms with Crippen LogP contribution in [0.5, 0.6) is 0 Å². The third-order valence-corrected chi connectivity index (χ3v) is 2.69. The second-order valence-corrected chi connectivity index (χ2v) is 5.73. The number of Topliss-reactive ketones (excluding diaryl/α,β-unsaturated/α-hetero) is 1. The highest BCUT2D eigenvalue weighted by molar-refractivity contribution is 6.04. The summed E-state index contributed by atoms with van der Waals surface area (Å²) in [5.41, 5.74) is -0.868.